The Morgan fingerprint density at radius 2 is 1.97 bits per heavy atom. The van der Waals surface area contributed by atoms with E-state index in [1.807, 2.05) is 4.90 Å². The average Bonchev–Trinajstić information content (AvgIpc) is 3.21. The van der Waals surface area contributed by atoms with Crippen molar-refractivity contribution in [2.75, 3.05) is 36.0 Å². The first-order valence-corrected chi connectivity index (χ1v) is 10.9. The molecule has 5 rings (SSSR count). The van der Waals surface area contributed by atoms with E-state index in [-0.39, 0.29) is 5.41 Å². The molecule has 170 valence electrons. The monoisotopic (exact) mass is 445 g/mol. The molecule has 0 saturated carbocycles. The van der Waals surface area contributed by atoms with Crippen LogP contribution in [0.3, 0.4) is 0 Å². The number of aryl methyl sites for hydroxylation is 1. The molecular formula is C22H26F3N7. The summed E-state index contributed by atoms with van der Waals surface area (Å²) < 4.78 is 39.4. The molecule has 0 unspecified atom stereocenters. The lowest BCUT2D eigenvalue weighted by molar-refractivity contribution is -0.137. The van der Waals surface area contributed by atoms with E-state index in [9.17, 15) is 13.2 Å². The van der Waals surface area contributed by atoms with Crippen molar-refractivity contribution in [2.45, 2.75) is 38.8 Å². The Morgan fingerprint density at radius 3 is 2.69 bits per heavy atom. The number of aromatic amines is 1. The Labute approximate surface area is 183 Å². The molecule has 7 nitrogen and oxygen atoms in total. The first-order valence-electron chi connectivity index (χ1n) is 10.9. The van der Waals surface area contributed by atoms with Gasteiger partial charge in [-0.2, -0.15) is 18.3 Å². The van der Waals surface area contributed by atoms with Gasteiger partial charge in [-0.3, -0.25) is 5.10 Å². The van der Waals surface area contributed by atoms with Crippen LogP contribution in [0, 0.1) is 5.41 Å². The van der Waals surface area contributed by atoms with Crippen molar-refractivity contribution in [2.24, 2.45) is 11.1 Å². The van der Waals surface area contributed by atoms with Gasteiger partial charge in [0.2, 0.25) is 0 Å². The maximum absolute atomic E-state index is 13.1. The summed E-state index contributed by atoms with van der Waals surface area (Å²) >= 11 is 0. The molecule has 4 heterocycles. The molecule has 2 aromatic heterocycles. The van der Waals surface area contributed by atoms with Crippen molar-refractivity contribution < 1.29 is 13.2 Å². The molecule has 1 fully saturated rings. The molecule has 3 N–H and O–H groups in total. The zero-order valence-corrected chi connectivity index (χ0v) is 17.9. The van der Waals surface area contributed by atoms with E-state index < -0.39 is 11.7 Å². The first kappa shape index (κ1) is 21.0. The number of piperidine rings is 1. The van der Waals surface area contributed by atoms with Crippen LogP contribution in [-0.4, -0.2) is 46.3 Å². The number of nitrogens with zero attached hydrogens (tertiary/aromatic N) is 5. The topological polar surface area (TPSA) is 87.0 Å². The third kappa shape index (κ3) is 3.66. The van der Waals surface area contributed by atoms with Gasteiger partial charge in [-0.05, 0) is 61.4 Å². The van der Waals surface area contributed by atoms with E-state index in [0.717, 1.165) is 49.9 Å². The summed E-state index contributed by atoms with van der Waals surface area (Å²) in [5, 5.41) is 7.40. The lowest BCUT2D eigenvalue weighted by Crippen LogP contribution is -2.42. The van der Waals surface area contributed by atoms with E-state index >= 15 is 0 Å². The van der Waals surface area contributed by atoms with Crippen molar-refractivity contribution in [1.82, 2.24) is 20.2 Å². The fourth-order valence-electron chi connectivity index (χ4n) is 4.59. The Kier molecular flexibility index (Phi) is 4.99. The van der Waals surface area contributed by atoms with Gasteiger partial charge < -0.3 is 15.5 Å². The molecular weight excluding hydrogens is 419 g/mol. The third-order valence-corrected chi connectivity index (χ3v) is 6.81. The Hall–Kier alpha value is -2.88. The summed E-state index contributed by atoms with van der Waals surface area (Å²) in [5.41, 5.74) is 8.05. The maximum atomic E-state index is 13.1. The second kappa shape index (κ2) is 7.61. The predicted molar refractivity (Wildman–Crippen MR) is 117 cm³/mol. The van der Waals surface area contributed by atoms with Crippen LogP contribution in [0.25, 0.3) is 11.2 Å². The number of nitrogens with two attached hydrogens (primary N) is 1. The van der Waals surface area contributed by atoms with Gasteiger partial charge in [-0.25, -0.2) is 9.97 Å². The smallest absolute Gasteiger partial charge is 0.355 e. The normalized spacial score (nSPS) is 18.8. The standard InChI is InChI=1S/C22H26F3N7/c1-21(13-26)6-9-31(10-7-21)17-12-27-18-19(28-17)29-30-20(18)32-8-2-3-14-11-15(22(23,24)25)4-5-16(14)32/h4-5,11-12H,2-3,6-10,13,26H2,1H3,(H,28,29,30). The van der Waals surface area contributed by atoms with Gasteiger partial charge in [0, 0.05) is 25.3 Å². The number of aromatic nitrogens is 4. The van der Waals surface area contributed by atoms with Gasteiger partial charge in [0.25, 0.3) is 0 Å². The zero-order chi connectivity index (χ0) is 22.5. The Bertz CT molecular complexity index is 1130. The predicted octanol–water partition coefficient (Wildman–Crippen LogP) is 4.02. The molecule has 10 heteroatoms. The second-order valence-corrected chi connectivity index (χ2v) is 9.07. The van der Waals surface area contributed by atoms with E-state index in [0.29, 0.717) is 42.1 Å². The second-order valence-electron chi connectivity index (χ2n) is 9.07. The average molecular weight is 445 g/mol. The first-order chi connectivity index (χ1) is 15.3. The largest absolute Gasteiger partial charge is 0.416 e. The Morgan fingerprint density at radius 1 is 1.19 bits per heavy atom. The lowest BCUT2D eigenvalue weighted by atomic mass is 9.80. The quantitative estimate of drug-likeness (QED) is 0.633. The van der Waals surface area contributed by atoms with Gasteiger partial charge in [0.1, 0.15) is 5.82 Å². The van der Waals surface area contributed by atoms with Crippen molar-refractivity contribution in [3.63, 3.8) is 0 Å². The highest BCUT2D eigenvalue weighted by atomic mass is 19.4. The van der Waals surface area contributed by atoms with Gasteiger partial charge in [-0.1, -0.05) is 6.92 Å². The van der Waals surface area contributed by atoms with Crippen molar-refractivity contribution in [3.05, 3.63) is 35.5 Å². The highest BCUT2D eigenvalue weighted by Crippen LogP contribution is 2.39. The number of H-pyrrole nitrogens is 1. The summed E-state index contributed by atoms with van der Waals surface area (Å²) in [6, 6.07) is 3.90. The molecule has 0 atom stereocenters. The van der Waals surface area contributed by atoms with Crippen LogP contribution in [0.15, 0.2) is 24.4 Å². The van der Waals surface area contributed by atoms with Gasteiger partial charge >= 0.3 is 6.18 Å². The minimum Gasteiger partial charge on any atom is -0.355 e. The highest BCUT2D eigenvalue weighted by Gasteiger charge is 2.33. The summed E-state index contributed by atoms with van der Waals surface area (Å²) in [7, 11) is 0. The van der Waals surface area contributed by atoms with Crippen LogP contribution >= 0.6 is 0 Å². The molecule has 0 amide bonds. The van der Waals surface area contributed by atoms with Gasteiger partial charge in [0.15, 0.2) is 17.0 Å². The SMILES string of the molecule is CC1(CN)CCN(c2cnc3c(N4CCCc5cc(C(F)(F)F)ccc54)n[nH]c3n2)CC1. The van der Waals surface area contributed by atoms with Gasteiger partial charge in [0.05, 0.1) is 11.8 Å². The lowest BCUT2D eigenvalue weighted by Gasteiger charge is -2.39. The molecule has 3 aromatic rings. The van der Waals surface area contributed by atoms with E-state index in [2.05, 4.69) is 27.0 Å². The number of halogens is 3. The van der Waals surface area contributed by atoms with Crippen LogP contribution < -0.4 is 15.5 Å². The number of anilines is 3. The fraction of sp³-hybridized carbons (Fsp3) is 0.500. The zero-order valence-electron chi connectivity index (χ0n) is 17.9. The molecule has 32 heavy (non-hydrogen) atoms. The molecule has 2 aliphatic rings. The summed E-state index contributed by atoms with van der Waals surface area (Å²) in [6.45, 7) is 5.29. The highest BCUT2D eigenvalue weighted by molar-refractivity contribution is 5.87. The van der Waals surface area contributed by atoms with E-state index in [1.54, 1.807) is 6.20 Å². The van der Waals surface area contributed by atoms with Crippen molar-refractivity contribution >= 4 is 28.5 Å². The molecule has 0 aliphatic carbocycles. The van der Waals surface area contributed by atoms with Crippen LogP contribution in [0.4, 0.5) is 30.5 Å². The van der Waals surface area contributed by atoms with E-state index in [1.165, 1.54) is 12.1 Å². The summed E-state index contributed by atoms with van der Waals surface area (Å²) in [6.07, 6.45) is 0.745. The number of rotatable bonds is 3. The molecule has 1 saturated heterocycles. The van der Waals surface area contributed by atoms with Crippen LogP contribution in [-0.2, 0) is 12.6 Å². The Balaban J connectivity index is 1.43. The van der Waals surface area contributed by atoms with E-state index in [4.69, 9.17) is 10.7 Å². The third-order valence-electron chi connectivity index (χ3n) is 6.81. The van der Waals surface area contributed by atoms with Crippen LogP contribution in [0.1, 0.15) is 37.3 Å². The molecule has 1 aromatic carbocycles. The molecule has 0 radical (unpaired) electrons. The number of hydrogen-bond acceptors (Lipinski definition) is 6. The maximum Gasteiger partial charge on any atom is 0.416 e. The minimum atomic E-state index is -4.35. The minimum absolute atomic E-state index is 0.169. The fourth-order valence-corrected chi connectivity index (χ4v) is 4.59. The number of hydrogen-bond donors (Lipinski definition) is 2. The number of fused-ring (bicyclic) bond motifs is 2. The number of nitrogens with one attached hydrogen (secondary N) is 1. The van der Waals surface area contributed by atoms with Crippen LogP contribution in [0.5, 0.6) is 0 Å². The van der Waals surface area contributed by atoms with Crippen molar-refractivity contribution in [1.29, 1.82) is 0 Å². The van der Waals surface area contributed by atoms with Crippen LogP contribution in [0.2, 0.25) is 0 Å². The molecule has 0 spiro atoms. The number of benzene rings is 1. The molecule has 0 bridgehead atoms. The molecule has 2 aliphatic heterocycles. The number of alkyl halides is 3. The summed E-state index contributed by atoms with van der Waals surface area (Å²) in [4.78, 5) is 13.5. The van der Waals surface area contributed by atoms with Gasteiger partial charge in [-0.15, -0.1) is 0 Å². The van der Waals surface area contributed by atoms with Crippen molar-refractivity contribution in [3.8, 4) is 0 Å². The summed E-state index contributed by atoms with van der Waals surface area (Å²) in [5.74, 6) is 1.38.